The van der Waals surface area contributed by atoms with Crippen LogP contribution in [0.3, 0.4) is 0 Å². The fraction of sp³-hybridized carbons (Fsp3) is 0.368. The SMILES string of the molecule is COc1ccc(NC(=O)c2cncc(NCCN3CCOCC3)c2)cc1. The monoisotopic (exact) mass is 356 g/mol. The van der Waals surface area contributed by atoms with Crippen LogP contribution in [0.4, 0.5) is 11.4 Å². The van der Waals surface area contributed by atoms with Crippen molar-refractivity contribution in [3.8, 4) is 5.75 Å². The Labute approximate surface area is 153 Å². The minimum absolute atomic E-state index is 0.195. The highest BCUT2D eigenvalue weighted by atomic mass is 16.5. The second kappa shape index (κ2) is 9.17. The number of carbonyl (C=O) groups is 1. The van der Waals surface area contributed by atoms with Crippen LogP contribution in [-0.2, 0) is 4.74 Å². The zero-order valence-corrected chi connectivity index (χ0v) is 14.9. The van der Waals surface area contributed by atoms with Gasteiger partial charge in [0.05, 0.1) is 31.6 Å². The Morgan fingerprint density at radius 3 is 2.69 bits per heavy atom. The molecule has 0 unspecified atom stereocenters. The lowest BCUT2D eigenvalue weighted by molar-refractivity contribution is 0.0398. The number of anilines is 2. The molecule has 1 aliphatic heterocycles. The first-order valence-corrected chi connectivity index (χ1v) is 8.69. The number of morpholine rings is 1. The van der Waals surface area contributed by atoms with Gasteiger partial charge in [0.2, 0.25) is 0 Å². The number of aromatic nitrogens is 1. The quantitative estimate of drug-likeness (QED) is 0.791. The van der Waals surface area contributed by atoms with Crippen molar-refractivity contribution in [2.24, 2.45) is 0 Å². The number of hydrogen-bond acceptors (Lipinski definition) is 6. The molecule has 1 aromatic carbocycles. The number of hydrogen-bond donors (Lipinski definition) is 2. The van der Waals surface area contributed by atoms with Gasteiger partial charge in [-0.05, 0) is 30.3 Å². The minimum atomic E-state index is -0.195. The van der Waals surface area contributed by atoms with Crippen LogP contribution in [0.25, 0.3) is 0 Å². The van der Waals surface area contributed by atoms with Crippen LogP contribution in [0.2, 0.25) is 0 Å². The van der Waals surface area contributed by atoms with Crippen LogP contribution in [0.15, 0.2) is 42.7 Å². The predicted octanol–water partition coefficient (Wildman–Crippen LogP) is 2.09. The number of rotatable bonds is 7. The Hall–Kier alpha value is -2.64. The van der Waals surface area contributed by atoms with E-state index in [0.29, 0.717) is 11.3 Å². The molecule has 2 aromatic rings. The average Bonchev–Trinajstić information content (AvgIpc) is 2.69. The van der Waals surface area contributed by atoms with Gasteiger partial charge in [0.25, 0.3) is 5.91 Å². The summed E-state index contributed by atoms with van der Waals surface area (Å²) in [5.74, 6) is 0.552. The Kier molecular flexibility index (Phi) is 6.40. The fourth-order valence-electron chi connectivity index (χ4n) is 2.72. The topological polar surface area (TPSA) is 75.7 Å². The molecule has 7 heteroatoms. The molecule has 0 aliphatic carbocycles. The molecule has 0 saturated carbocycles. The second-order valence-electron chi connectivity index (χ2n) is 6.03. The Balaban J connectivity index is 1.52. The highest BCUT2D eigenvalue weighted by Gasteiger charge is 2.10. The van der Waals surface area contributed by atoms with Gasteiger partial charge >= 0.3 is 0 Å². The second-order valence-corrected chi connectivity index (χ2v) is 6.03. The number of methoxy groups -OCH3 is 1. The van der Waals surface area contributed by atoms with Gasteiger partial charge in [-0.2, -0.15) is 0 Å². The fourth-order valence-corrected chi connectivity index (χ4v) is 2.72. The molecule has 0 bridgehead atoms. The summed E-state index contributed by atoms with van der Waals surface area (Å²) in [6.07, 6.45) is 3.29. The summed E-state index contributed by atoms with van der Waals surface area (Å²) in [6, 6.07) is 9.02. The summed E-state index contributed by atoms with van der Waals surface area (Å²) in [4.78, 5) is 18.9. The molecular weight excluding hydrogens is 332 g/mol. The summed E-state index contributed by atoms with van der Waals surface area (Å²) in [5, 5.41) is 6.18. The molecular formula is C19H24N4O3. The van der Waals surface area contributed by atoms with Crippen molar-refractivity contribution >= 4 is 17.3 Å². The summed E-state index contributed by atoms with van der Waals surface area (Å²) in [5.41, 5.74) is 2.05. The highest BCUT2D eigenvalue weighted by Crippen LogP contribution is 2.16. The lowest BCUT2D eigenvalue weighted by Gasteiger charge is -2.26. The predicted molar refractivity (Wildman–Crippen MR) is 101 cm³/mol. The lowest BCUT2D eigenvalue weighted by Crippen LogP contribution is -2.39. The number of amides is 1. The van der Waals surface area contributed by atoms with E-state index in [1.54, 1.807) is 43.8 Å². The third-order valence-corrected chi connectivity index (χ3v) is 4.21. The van der Waals surface area contributed by atoms with Crippen molar-refractivity contribution < 1.29 is 14.3 Å². The molecule has 1 aliphatic rings. The number of pyridine rings is 1. The Morgan fingerprint density at radius 1 is 1.19 bits per heavy atom. The molecule has 0 radical (unpaired) electrons. The molecule has 2 N–H and O–H groups in total. The van der Waals surface area contributed by atoms with Gasteiger partial charge in [-0.3, -0.25) is 14.7 Å². The summed E-state index contributed by atoms with van der Waals surface area (Å²) >= 11 is 0. The maximum atomic E-state index is 12.4. The number of carbonyl (C=O) groups excluding carboxylic acids is 1. The van der Waals surface area contributed by atoms with Gasteiger partial charge < -0.3 is 20.1 Å². The molecule has 3 rings (SSSR count). The summed E-state index contributed by atoms with van der Waals surface area (Å²) < 4.78 is 10.5. The molecule has 0 atom stereocenters. The third-order valence-electron chi connectivity index (χ3n) is 4.21. The molecule has 0 spiro atoms. The van der Waals surface area contributed by atoms with E-state index in [4.69, 9.17) is 9.47 Å². The van der Waals surface area contributed by atoms with E-state index in [1.165, 1.54) is 0 Å². The van der Waals surface area contributed by atoms with E-state index in [2.05, 4.69) is 20.5 Å². The van der Waals surface area contributed by atoms with E-state index in [1.807, 2.05) is 6.07 Å². The van der Waals surface area contributed by atoms with E-state index >= 15 is 0 Å². The van der Waals surface area contributed by atoms with Crippen LogP contribution in [-0.4, -0.2) is 62.3 Å². The zero-order valence-electron chi connectivity index (χ0n) is 14.9. The molecule has 1 amide bonds. The third kappa shape index (κ3) is 5.18. The normalized spacial score (nSPS) is 14.7. The first kappa shape index (κ1) is 18.2. The number of ether oxygens (including phenoxy) is 2. The first-order chi connectivity index (χ1) is 12.7. The smallest absolute Gasteiger partial charge is 0.257 e. The van der Waals surface area contributed by atoms with Gasteiger partial charge in [-0.15, -0.1) is 0 Å². The van der Waals surface area contributed by atoms with E-state index < -0.39 is 0 Å². The van der Waals surface area contributed by atoms with Gasteiger partial charge in [0.15, 0.2) is 0 Å². The first-order valence-electron chi connectivity index (χ1n) is 8.69. The molecule has 2 heterocycles. The summed E-state index contributed by atoms with van der Waals surface area (Å²) in [7, 11) is 1.61. The lowest BCUT2D eigenvalue weighted by atomic mass is 10.2. The van der Waals surface area contributed by atoms with E-state index in [9.17, 15) is 4.79 Å². The van der Waals surface area contributed by atoms with Gasteiger partial charge in [0, 0.05) is 44.3 Å². The van der Waals surface area contributed by atoms with Crippen LogP contribution in [0, 0.1) is 0 Å². The Bertz CT molecular complexity index is 715. The van der Waals surface area contributed by atoms with Crippen LogP contribution in [0.1, 0.15) is 10.4 Å². The maximum Gasteiger partial charge on any atom is 0.257 e. The largest absolute Gasteiger partial charge is 0.497 e. The maximum absolute atomic E-state index is 12.4. The van der Waals surface area contributed by atoms with Crippen LogP contribution < -0.4 is 15.4 Å². The number of nitrogens with one attached hydrogen (secondary N) is 2. The highest BCUT2D eigenvalue weighted by molar-refractivity contribution is 6.04. The van der Waals surface area contributed by atoms with Crippen molar-refractivity contribution in [3.63, 3.8) is 0 Å². The van der Waals surface area contributed by atoms with E-state index in [0.717, 1.165) is 50.8 Å². The van der Waals surface area contributed by atoms with Crippen molar-refractivity contribution in [2.45, 2.75) is 0 Å². The standard InChI is InChI=1S/C19H24N4O3/c1-25-18-4-2-16(3-5-18)22-19(24)15-12-17(14-20-13-15)21-6-7-23-8-10-26-11-9-23/h2-5,12-14,21H,6-11H2,1H3,(H,22,24). The zero-order chi connectivity index (χ0) is 18.2. The number of benzene rings is 1. The van der Waals surface area contributed by atoms with E-state index in [-0.39, 0.29) is 5.91 Å². The minimum Gasteiger partial charge on any atom is -0.497 e. The Morgan fingerprint density at radius 2 is 1.96 bits per heavy atom. The molecule has 1 fully saturated rings. The number of nitrogens with zero attached hydrogens (tertiary/aromatic N) is 2. The van der Waals surface area contributed by atoms with Crippen molar-refractivity contribution in [1.82, 2.24) is 9.88 Å². The molecule has 138 valence electrons. The van der Waals surface area contributed by atoms with Crippen LogP contribution >= 0.6 is 0 Å². The molecule has 1 aromatic heterocycles. The summed E-state index contributed by atoms with van der Waals surface area (Å²) in [6.45, 7) is 5.25. The van der Waals surface area contributed by atoms with Gasteiger partial charge in [0.1, 0.15) is 5.75 Å². The molecule has 26 heavy (non-hydrogen) atoms. The molecule has 7 nitrogen and oxygen atoms in total. The van der Waals surface area contributed by atoms with Gasteiger partial charge in [-0.1, -0.05) is 0 Å². The average molecular weight is 356 g/mol. The van der Waals surface area contributed by atoms with Gasteiger partial charge in [-0.25, -0.2) is 0 Å². The van der Waals surface area contributed by atoms with Crippen molar-refractivity contribution in [1.29, 1.82) is 0 Å². The van der Waals surface area contributed by atoms with Crippen molar-refractivity contribution in [2.75, 3.05) is 57.1 Å². The van der Waals surface area contributed by atoms with Crippen LogP contribution in [0.5, 0.6) is 5.75 Å². The molecule has 1 saturated heterocycles. The van der Waals surface area contributed by atoms with Crippen molar-refractivity contribution in [3.05, 3.63) is 48.3 Å².